The van der Waals surface area contributed by atoms with Gasteiger partial charge in [-0.3, -0.25) is 9.20 Å². The zero-order valence-electron chi connectivity index (χ0n) is 13.3. The number of aliphatic carboxylic acids is 1. The lowest BCUT2D eigenvalue weighted by atomic mass is 10.1. The number of benzene rings is 1. The molecule has 0 aliphatic heterocycles. The van der Waals surface area contributed by atoms with E-state index in [2.05, 4.69) is 9.97 Å². The van der Waals surface area contributed by atoms with Gasteiger partial charge in [-0.05, 0) is 23.4 Å². The SMILES string of the molecule is O=C(O)CCc1ccc(-c2cnc3cnc(-c4cccs4)cn23)cc1. The molecule has 1 N–H and O–H groups in total. The Bertz CT molecular complexity index is 1020. The Balaban J connectivity index is 1.69. The number of aryl methyl sites for hydroxylation is 1. The normalized spacial score (nSPS) is 11.0. The molecule has 0 aliphatic carbocycles. The summed E-state index contributed by atoms with van der Waals surface area (Å²) >= 11 is 1.65. The molecular weight excluding hydrogens is 334 g/mol. The first-order chi connectivity index (χ1) is 12.2. The summed E-state index contributed by atoms with van der Waals surface area (Å²) in [6.45, 7) is 0. The molecule has 0 radical (unpaired) electrons. The highest BCUT2D eigenvalue weighted by Gasteiger charge is 2.09. The van der Waals surface area contributed by atoms with Crippen molar-refractivity contribution in [1.82, 2.24) is 14.4 Å². The Labute approximate surface area is 148 Å². The van der Waals surface area contributed by atoms with Crippen molar-refractivity contribution in [3.63, 3.8) is 0 Å². The van der Waals surface area contributed by atoms with Crippen LogP contribution in [-0.4, -0.2) is 25.4 Å². The first-order valence-electron chi connectivity index (χ1n) is 7.89. The van der Waals surface area contributed by atoms with Crippen LogP contribution in [0.25, 0.3) is 27.5 Å². The van der Waals surface area contributed by atoms with Crippen molar-refractivity contribution in [3.8, 4) is 21.8 Å². The Morgan fingerprint density at radius 2 is 1.96 bits per heavy atom. The third kappa shape index (κ3) is 3.16. The molecule has 124 valence electrons. The van der Waals surface area contributed by atoms with E-state index in [4.69, 9.17) is 5.11 Å². The fourth-order valence-corrected chi connectivity index (χ4v) is 3.43. The highest BCUT2D eigenvalue weighted by molar-refractivity contribution is 7.13. The van der Waals surface area contributed by atoms with Crippen LogP contribution >= 0.6 is 11.3 Å². The van der Waals surface area contributed by atoms with Crippen LogP contribution in [0.1, 0.15) is 12.0 Å². The number of carboxylic acid groups (broad SMARTS) is 1. The van der Waals surface area contributed by atoms with Gasteiger partial charge < -0.3 is 5.11 Å². The lowest BCUT2D eigenvalue weighted by molar-refractivity contribution is -0.136. The molecular formula is C19H15N3O2S. The zero-order valence-corrected chi connectivity index (χ0v) is 14.1. The molecule has 3 aromatic heterocycles. The van der Waals surface area contributed by atoms with E-state index in [1.54, 1.807) is 17.5 Å². The van der Waals surface area contributed by atoms with Gasteiger partial charge in [0.1, 0.15) is 0 Å². The van der Waals surface area contributed by atoms with E-state index in [9.17, 15) is 4.79 Å². The third-order valence-electron chi connectivity index (χ3n) is 4.05. The van der Waals surface area contributed by atoms with Crippen LogP contribution in [0, 0.1) is 0 Å². The summed E-state index contributed by atoms with van der Waals surface area (Å²) in [4.78, 5) is 20.7. The predicted molar refractivity (Wildman–Crippen MR) is 97.7 cm³/mol. The van der Waals surface area contributed by atoms with Crippen LogP contribution < -0.4 is 0 Å². The van der Waals surface area contributed by atoms with Crippen LogP contribution in [0.3, 0.4) is 0 Å². The van der Waals surface area contributed by atoms with Gasteiger partial charge in [0, 0.05) is 18.2 Å². The van der Waals surface area contributed by atoms with Gasteiger partial charge in [0.2, 0.25) is 0 Å². The largest absolute Gasteiger partial charge is 0.481 e. The van der Waals surface area contributed by atoms with Crippen molar-refractivity contribution in [2.24, 2.45) is 0 Å². The molecule has 0 spiro atoms. The van der Waals surface area contributed by atoms with Crippen LogP contribution in [0.15, 0.2) is 60.4 Å². The Morgan fingerprint density at radius 3 is 2.68 bits per heavy atom. The lowest BCUT2D eigenvalue weighted by Gasteiger charge is -2.05. The number of hydrogen-bond acceptors (Lipinski definition) is 4. The summed E-state index contributed by atoms with van der Waals surface area (Å²) in [6.07, 6.45) is 6.29. The van der Waals surface area contributed by atoms with Crippen molar-refractivity contribution in [2.75, 3.05) is 0 Å². The molecule has 0 bridgehead atoms. The Hall–Kier alpha value is -2.99. The Morgan fingerprint density at radius 1 is 1.12 bits per heavy atom. The highest BCUT2D eigenvalue weighted by atomic mass is 32.1. The number of carbonyl (C=O) groups is 1. The van der Waals surface area contributed by atoms with Crippen molar-refractivity contribution >= 4 is 23.0 Å². The summed E-state index contributed by atoms with van der Waals surface area (Å²) in [5.41, 5.74) is 4.75. The van der Waals surface area contributed by atoms with E-state index in [1.807, 2.05) is 58.6 Å². The fourth-order valence-electron chi connectivity index (χ4n) is 2.75. The van der Waals surface area contributed by atoms with Gasteiger partial charge in [0.15, 0.2) is 5.65 Å². The molecule has 0 fully saturated rings. The van der Waals surface area contributed by atoms with Crippen molar-refractivity contribution < 1.29 is 9.90 Å². The van der Waals surface area contributed by atoms with Crippen molar-refractivity contribution in [3.05, 3.63) is 65.9 Å². The molecule has 0 amide bonds. The average Bonchev–Trinajstić information content (AvgIpc) is 3.29. The molecule has 0 saturated carbocycles. The van der Waals surface area contributed by atoms with Gasteiger partial charge in [0.25, 0.3) is 0 Å². The summed E-state index contributed by atoms with van der Waals surface area (Å²) < 4.78 is 2.04. The van der Waals surface area contributed by atoms with E-state index in [1.165, 1.54) is 0 Å². The smallest absolute Gasteiger partial charge is 0.303 e. The van der Waals surface area contributed by atoms with Crippen molar-refractivity contribution in [1.29, 1.82) is 0 Å². The number of imidazole rings is 1. The van der Waals surface area contributed by atoms with E-state index in [-0.39, 0.29) is 6.42 Å². The van der Waals surface area contributed by atoms with Gasteiger partial charge in [-0.15, -0.1) is 11.3 Å². The Kier molecular flexibility index (Phi) is 4.03. The van der Waals surface area contributed by atoms with E-state index in [0.29, 0.717) is 6.42 Å². The molecule has 4 rings (SSSR count). The molecule has 0 saturated heterocycles. The quantitative estimate of drug-likeness (QED) is 0.588. The minimum atomic E-state index is -0.778. The van der Waals surface area contributed by atoms with Crippen LogP contribution in [-0.2, 0) is 11.2 Å². The van der Waals surface area contributed by atoms with Gasteiger partial charge in [-0.2, -0.15) is 0 Å². The fraction of sp³-hybridized carbons (Fsp3) is 0.105. The number of carboxylic acids is 1. The number of nitrogens with zero attached hydrogens (tertiary/aromatic N) is 3. The number of fused-ring (bicyclic) bond motifs is 1. The van der Waals surface area contributed by atoms with E-state index < -0.39 is 5.97 Å². The molecule has 6 heteroatoms. The van der Waals surface area contributed by atoms with Gasteiger partial charge in [-0.1, -0.05) is 30.3 Å². The number of aromatic nitrogens is 3. The molecule has 3 heterocycles. The standard InChI is InChI=1S/C19H15N3O2S/c23-19(24)8-5-13-3-6-14(7-4-13)16-10-21-18-11-20-15(12-22(16)18)17-2-1-9-25-17/h1-4,6-7,9-12H,5,8H2,(H,23,24). The average molecular weight is 349 g/mol. The second-order valence-electron chi connectivity index (χ2n) is 5.71. The topological polar surface area (TPSA) is 67.5 Å². The molecule has 25 heavy (non-hydrogen) atoms. The monoisotopic (exact) mass is 349 g/mol. The van der Waals surface area contributed by atoms with Gasteiger partial charge in [0.05, 0.1) is 28.7 Å². The maximum Gasteiger partial charge on any atom is 0.303 e. The third-order valence-corrected chi connectivity index (χ3v) is 4.94. The first-order valence-corrected chi connectivity index (χ1v) is 8.77. The molecule has 0 unspecified atom stereocenters. The second-order valence-corrected chi connectivity index (χ2v) is 6.66. The minimum absolute atomic E-state index is 0.144. The maximum absolute atomic E-state index is 10.7. The summed E-state index contributed by atoms with van der Waals surface area (Å²) in [6, 6.07) is 12.0. The number of rotatable bonds is 5. The van der Waals surface area contributed by atoms with Crippen LogP contribution in [0.5, 0.6) is 0 Å². The number of hydrogen-bond donors (Lipinski definition) is 1. The van der Waals surface area contributed by atoms with Gasteiger partial charge >= 0.3 is 5.97 Å². The molecule has 0 atom stereocenters. The minimum Gasteiger partial charge on any atom is -0.481 e. The highest BCUT2D eigenvalue weighted by Crippen LogP contribution is 2.26. The summed E-state index contributed by atoms with van der Waals surface area (Å²) in [5.74, 6) is -0.778. The predicted octanol–water partition coefficient (Wildman–Crippen LogP) is 4.14. The summed E-state index contributed by atoms with van der Waals surface area (Å²) in [5, 5.41) is 10.8. The molecule has 5 nitrogen and oxygen atoms in total. The summed E-state index contributed by atoms with van der Waals surface area (Å²) in [7, 11) is 0. The van der Waals surface area contributed by atoms with E-state index >= 15 is 0 Å². The first kappa shape index (κ1) is 15.5. The van der Waals surface area contributed by atoms with Gasteiger partial charge in [-0.25, -0.2) is 9.97 Å². The number of thiophene rings is 1. The maximum atomic E-state index is 10.7. The van der Waals surface area contributed by atoms with Crippen molar-refractivity contribution in [2.45, 2.75) is 12.8 Å². The van der Waals surface area contributed by atoms with E-state index in [0.717, 1.165) is 33.0 Å². The lowest BCUT2D eigenvalue weighted by Crippen LogP contribution is -1.97. The van der Waals surface area contributed by atoms with Crippen LogP contribution in [0.2, 0.25) is 0 Å². The molecule has 1 aromatic carbocycles. The van der Waals surface area contributed by atoms with Crippen LogP contribution in [0.4, 0.5) is 0 Å². The zero-order chi connectivity index (χ0) is 17.2. The molecule has 4 aromatic rings. The second kappa shape index (κ2) is 6.49. The molecule has 0 aliphatic rings.